The number of ether oxygens (including phenoxy) is 1. The van der Waals surface area contributed by atoms with Crippen molar-refractivity contribution in [1.82, 2.24) is 5.32 Å². The van der Waals surface area contributed by atoms with Crippen molar-refractivity contribution >= 4 is 11.8 Å². The summed E-state index contributed by atoms with van der Waals surface area (Å²) in [4.78, 5) is 1.31. The first-order chi connectivity index (χ1) is 7.86. The number of rotatable bonds is 8. The molecule has 0 aliphatic rings. The summed E-state index contributed by atoms with van der Waals surface area (Å²) in [7, 11) is 0. The van der Waals surface area contributed by atoms with Gasteiger partial charge in [0.25, 0.3) is 0 Å². The third-order valence-electron chi connectivity index (χ3n) is 2.22. The molecular formula is C13H19NOS. The molecule has 16 heavy (non-hydrogen) atoms. The SMILES string of the molecule is C=COCCCNCc1ccc(SC)cc1. The average molecular weight is 237 g/mol. The van der Waals surface area contributed by atoms with Crippen molar-refractivity contribution in [2.45, 2.75) is 17.9 Å². The first-order valence-electron chi connectivity index (χ1n) is 5.43. The van der Waals surface area contributed by atoms with Gasteiger partial charge in [-0.1, -0.05) is 18.7 Å². The van der Waals surface area contributed by atoms with Crippen LogP contribution in [0.5, 0.6) is 0 Å². The molecular weight excluding hydrogens is 218 g/mol. The molecule has 0 fully saturated rings. The van der Waals surface area contributed by atoms with Gasteiger partial charge >= 0.3 is 0 Å². The normalized spacial score (nSPS) is 10.1. The summed E-state index contributed by atoms with van der Waals surface area (Å²) in [6.07, 6.45) is 4.59. The molecule has 1 N–H and O–H groups in total. The van der Waals surface area contributed by atoms with Gasteiger partial charge < -0.3 is 10.1 Å². The van der Waals surface area contributed by atoms with E-state index in [1.807, 2.05) is 0 Å². The second kappa shape index (κ2) is 8.25. The predicted molar refractivity (Wildman–Crippen MR) is 70.7 cm³/mol. The second-order valence-electron chi connectivity index (χ2n) is 3.42. The van der Waals surface area contributed by atoms with Crippen LogP contribution in [-0.2, 0) is 11.3 Å². The monoisotopic (exact) mass is 237 g/mol. The van der Waals surface area contributed by atoms with Crippen molar-refractivity contribution in [3.8, 4) is 0 Å². The molecule has 0 bridgehead atoms. The summed E-state index contributed by atoms with van der Waals surface area (Å²) in [6.45, 7) is 6.13. The van der Waals surface area contributed by atoms with Crippen LogP contribution in [0.4, 0.5) is 0 Å². The Hall–Kier alpha value is -0.930. The zero-order chi connectivity index (χ0) is 11.6. The van der Waals surface area contributed by atoms with E-state index in [4.69, 9.17) is 4.74 Å². The van der Waals surface area contributed by atoms with Crippen molar-refractivity contribution in [2.24, 2.45) is 0 Å². The van der Waals surface area contributed by atoms with Gasteiger partial charge in [-0.15, -0.1) is 11.8 Å². The van der Waals surface area contributed by atoms with Crippen molar-refractivity contribution in [3.05, 3.63) is 42.7 Å². The molecule has 0 unspecified atom stereocenters. The molecule has 0 saturated carbocycles. The third-order valence-corrected chi connectivity index (χ3v) is 2.97. The highest BCUT2D eigenvalue weighted by Gasteiger charge is 1.93. The third kappa shape index (κ3) is 5.24. The van der Waals surface area contributed by atoms with Gasteiger partial charge in [0.05, 0.1) is 12.9 Å². The summed E-state index contributed by atoms with van der Waals surface area (Å²) in [5.41, 5.74) is 1.32. The van der Waals surface area contributed by atoms with E-state index >= 15 is 0 Å². The molecule has 0 heterocycles. The van der Waals surface area contributed by atoms with Gasteiger partial charge in [-0.25, -0.2) is 0 Å². The van der Waals surface area contributed by atoms with Crippen molar-refractivity contribution < 1.29 is 4.74 Å². The van der Waals surface area contributed by atoms with E-state index in [2.05, 4.69) is 42.4 Å². The molecule has 1 rings (SSSR count). The summed E-state index contributed by atoms with van der Waals surface area (Å²) in [5.74, 6) is 0. The Balaban J connectivity index is 2.14. The first kappa shape index (κ1) is 13.1. The van der Waals surface area contributed by atoms with Crippen LogP contribution in [0.1, 0.15) is 12.0 Å². The van der Waals surface area contributed by atoms with E-state index in [0.29, 0.717) is 0 Å². The predicted octanol–water partition coefficient (Wildman–Crippen LogP) is 3.05. The van der Waals surface area contributed by atoms with Gasteiger partial charge in [-0.05, 0) is 36.9 Å². The quantitative estimate of drug-likeness (QED) is 0.426. The minimum absolute atomic E-state index is 0.738. The lowest BCUT2D eigenvalue weighted by molar-refractivity contribution is 0.244. The molecule has 3 heteroatoms. The highest BCUT2D eigenvalue weighted by Crippen LogP contribution is 2.14. The molecule has 1 aromatic rings. The zero-order valence-electron chi connectivity index (χ0n) is 9.74. The van der Waals surface area contributed by atoms with Crippen LogP contribution < -0.4 is 5.32 Å². The summed E-state index contributed by atoms with van der Waals surface area (Å²) in [5, 5.41) is 3.38. The average Bonchev–Trinajstić information content (AvgIpc) is 2.34. The van der Waals surface area contributed by atoms with Gasteiger partial charge in [0, 0.05) is 11.4 Å². The fraction of sp³-hybridized carbons (Fsp3) is 0.385. The lowest BCUT2D eigenvalue weighted by Crippen LogP contribution is -2.15. The Morgan fingerprint density at radius 1 is 1.38 bits per heavy atom. The molecule has 1 aromatic carbocycles. The molecule has 0 aromatic heterocycles. The summed E-state index contributed by atoms with van der Waals surface area (Å²) < 4.78 is 5.04. The minimum atomic E-state index is 0.738. The van der Waals surface area contributed by atoms with E-state index in [9.17, 15) is 0 Å². The Morgan fingerprint density at radius 2 is 2.12 bits per heavy atom. The van der Waals surface area contributed by atoms with Gasteiger partial charge in [-0.3, -0.25) is 0 Å². The molecule has 0 radical (unpaired) electrons. The molecule has 0 aliphatic heterocycles. The smallest absolute Gasteiger partial charge is 0.0885 e. The van der Waals surface area contributed by atoms with E-state index in [1.165, 1.54) is 16.7 Å². The molecule has 88 valence electrons. The zero-order valence-corrected chi connectivity index (χ0v) is 10.6. The Morgan fingerprint density at radius 3 is 2.75 bits per heavy atom. The van der Waals surface area contributed by atoms with E-state index in [-0.39, 0.29) is 0 Å². The van der Waals surface area contributed by atoms with Crippen molar-refractivity contribution in [1.29, 1.82) is 0 Å². The molecule has 0 amide bonds. The van der Waals surface area contributed by atoms with Crippen molar-refractivity contribution in [2.75, 3.05) is 19.4 Å². The van der Waals surface area contributed by atoms with Crippen LogP contribution in [0.15, 0.2) is 42.0 Å². The van der Waals surface area contributed by atoms with Crippen LogP contribution in [-0.4, -0.2) is 19.4 Å². The molecule has 2 nitrogen and oxygen atoms in total. The number of benzene rings is 1. The maximum Gasteiger partial charge on any atom is 0.0885 e. The Kier molecular flexibility index (Phi) is 6.77. The molecule has 0 spiro atoms. The van der Waals surface area contributed by atoms with Crippen LogP contribution in [0.25, 0.3) is 0 Å². The standard InChI is InChI=1S/C13H19NOS/c1-3-15-10-4-9-14-11-12-5-7-13(16-2)8-6-12/h3,5-8,14H,1,4,9-11H2,2H3. The fourth-order valence-corrected chi connectivity index (χ4v) is 1.75. The van der Waals surface area contributed by atoms with Crippen LogP contribution >= 0.6 is 11.8 Å². The number of nitrogens with one attached hydrogen (secondary N) is 1. The van der Waals surface area contributed by atoms with Gasteiger partial charge in [-0.2, -0.15) is 0 Å². The van der Waals surface area contributed by atoms with Gasteiger partial charge in [0.1, 0.15) is 0 Å². The van der Waals surface area contributed by atoms with E-state index < -0.39 is 0 Å². The lowest BCUT2D eigenvalue weighted by Gasteiger charge is -2.05. The van der Waals surface area contributed by atoms with Crippen LogP contribution in [0.2, 0.25) is 0 Å². The first-order valence-corrected chi connectivity index (χ1v) is 6.65. The topological polar surface area (TPSA) is 21.3 Å². The number of hydrogen-bond donors (Lipinski definition) is 1. The fourth-order valence-electron chi connectivity index (χ4n) is 1.34. The summed E-state index contributed by atoms with van der Waals surface area (Å²) >= 11 is 1.77. The van der Waals surface area contributed by atoms with E-state index in [0.717, 1.165) is 26.1 Å². The molecule has 0 aliphatic carbocycles. The maximum absolute atomic E-state index is 5.04. The van der Waals surface area contributed by atoms with Gasteiger partial charge in [0.15, 0.2) is 0 Å². The highest BCUT2D eigenvalue weighted by atomic mass is 32.2. The highest BCUT2D eigenvalue weighted by molar-refractivity contribution is 7.98. The molecule has 0 atom stereocenters. The Labute approximate surface area is 102 Å². The number of hydrogen-bond acceptors (Lipinski definition) is 3. The number of thioether (sulfide) groups is 1. The van der Waals surface area contributed by atoms with Crippen molar-refractivity contribution in [3.63, 3.8) is 0 Å². The largest absolute Gasteiger partial charge is 0.502 e. The second-order valence-corrected chi connectivity index (χ2v) is 4.30. The Bertz CT molecular complexity index is 297. The van der Waals surface area contributed by atoms with Crippen LogP contribution in [0.3, 0.4) is 0 Å². The lowest BCUT2D eigenvalue weighted by atomic mass is 10.2. The molecule has 0 saturated heterocycles. The maximum atomic E-state index is 5.04. The minimum Gasteiger partial charge on any atom is -0.502 e. The van der Waals surface area contributed by atoms with Gasteiger partial charge in [0.2, 0.25) is 0 Å². The van der Waals surface area contributed by atoms with E-state index in [1.54, 1.807) is 11.8 Å². The van der Waals surface area contributed by atoms with Crippen LogP contribution in [0, 0.1) is 0 Å². The summed E-state index contributed by atoms with van der Waals surface area (Å²) in [6, 6.07) is 8.64.